The zero-order valence-corrected chi connectivity index (χ0v) is 14.7. The van der Waals surface area contributed by atoms with E-state index in [1.165, 1.54) is 0 Å². The highest BCUT2D eigenvalue weighted by atomic mass is 35.5. The summed E-state index contributed by atoms with van der Waals surface area (Å²) in [5.41, 5.74) is 2.73. The van der Waals surface area contributed by atoms with Crippen molar-refractivity contribution in [1.29, 1.82) is 0 Å². The zero-order valence-electron chi connectivity index (χ0n) is 13.9. The number of carbonyl (C=O) groups is 1. The van der Waals surface area contributed by atoms with E-state index >= 15 is 0 Å². The van der Waals surface area contributed by atoms with E-state index in [4.69, 9.17) is 16.3 Å². The van der Waals surface area contributed by atoms with Crippen molar-refractivity contribution >= 4 is 17.5 Å². The van der Waals surface area contributed by atoms with Crippen LogP contribution in [-0.2, 0) is 0 Å². The molecule has 0 spiro atoms. The number of nitrogens with one attached hydrogen (secondary N) is 1. The molecule has 128 valence electrons. The predicted octanol–water partition coefficient (Wildman–Crippen LogP) is 4.25. The predicted molar refractivity (Wildman–Crippen MR) is 99.8 cm³/mol. The van der Waals surface area contributed by atoms with Gasteiger partial charge in [-0.25, -0.2) is 0 Å². The van der Waals surface area contributed by atoms with E-state index in [1.54, 1.807) is 24.3 Å². The van der Waals surface area contributed by atoms with Crippen LogP contribution in [0, 0.1) is 6.92 Å². The fourth-order valence-electron chi connectivity index (χ4n) is 2.49. The molecule has 5 heteroatoms. The highest BCUT2D eigenvalue weighted by Crippen LogP contribution is 2.17. The van der Waals surface area contributed by atoms with E-state index in [0.717, 1.165) is 17.0 Å². The lowest BCUT2D eigenvalue weighted by Gasteiger charge is -2.11. The Morgan fingerprint density at radius 2 is 1.84 bits per heavy atom. The number of aryl methyl sites for hydroxylation is 1. The van der Waals surface area contributed by atoms with E-state index in [2.05, 4.69) is 5.32 Å². The Balaban J connectivity index is 1.56. The van der Waals surface area contributed by atoms with Gasteiger partial charge in [-0.2, -0.15) is 0 Å². The summed E-state index contributed by atoms with van der Waals surface area (Å²) in [6.07, 6.45) is 3.92. The van der Waals surface area contributed by atoms with Gasteiger partial charge in [-0.15, -0.1) is 0 Å². The van der Waals surface area contributed by atoms with Crippen molar-refractivity contribution in [1.82, 2.24) is 9.88 Å². The summed E-state index contributed by atoms with van der Waals surface area (Å²) in [6, 6.07) is 16.7. The van der Waals surface area contributed by atoms with E-state index in [-0.39, 0.29) is 5.91 Å². The lowest BCUT2D eigenvalue weighted by Crippen LogP contribution is -2.28. The first-order chi connectivity index (χ1) is 12.1. The van der Waals surface area contributed by atoms with Crippen LogP contribution in [0.2, 0.25) is 5.02 Å². The van der Waals surface area contributed by atoms with Gasteiger partial charge in [0.25, 0.3) is 5.91 Å². The Hall–Kier alpha value is -2.72. The first-order valence-electron chi connectivity index (χ1n) is 8.04. The molecule has 0 bridgehead atoms. The van der Waals surface area contributed by atoms with E-state index in [1.807, 2.05) is 54.2 Å². The van der Waals surface area contributed by atoms with E-state index in [0.29, 0.717) is 23.7 Å². The molecular formula is C20H19ClN2O2. The minimum Gasteiger partial charge on any atom is -0.492 e. The maximum atomic E-state index is 12.3. The Kier molecular flexibility index (Phi) is 5.41. The molecule has 2 aromatic carbocycles. The number of ether oxygens (including phenoxy) is 1. The molecule has 3 aromatic rings. The number of rotatable bonds is 6. The lowest BCUT2D eigenvalue weighted by molar-refractivity contribution is 0.0947. The van der Waals surface area contributed by atoms with Gasteiger partial charge >= 0.3 is 0 Å². The molecule has 0 fully saturated rings. The van der Waals surface area contributed by atoms with Crippen LogP contribution in [-0.4, -0.2) is 23.6 Å². The highest BCUT2D eigenvalue weighted by Gasteiger charge is 2.08. The minimum absolute atomic E-state index is 0.117. The molecule has 1 amide bonds. The Labute approximate surface area is 152 Å². The third-order valence-electron chi connectivity index (χ3n) is 3.82. The fourth-order valence-corrected chi connectivity index (χ4v) is 2.62. The van der Waals surface area contributed by atoms with Crippen LogP contribution in [0.1, 0.15) is 15.9 Å². The van der Waals surface area contributed by atoms with Gasteiger partial charge < -0.3 is 14.6 Å². The molecule has 1 heterocycles. The van der Waals surface area contributed by atoms with Crippen LogP contribution in [0.15, 0.2) is 67.0 Å². The monoisotopic (exact) mass is 354 g/mol. The van der Waals surface area contributed by atoms with Gasteiger partial charge in [0.15, 0.2) is 0 Å². The van der Waals surface area contributed by atoms with Gasteiger partial charge in [-0.3, -0.25) is 4.79 Å². The first-order valence-corrected chi connectivity index (χ1v) is 8.42. The molecule has 0 aliphatic rings. The van der Waals surface area contributed by atoms with Crippen LogP contribution in [0.5, 0.6) is 5.75 Å². The van der Waals surface area contributed by atoms with Crippen LogP contribution >= 0.6 is 11.6 Å². The van der Waals surface area contributed by atoms with Gasteiger partial charge in [0, 0.05) is 28.7 Å². The van der Waals surface area contributed by atoms with Gasteiger partial charge in [-0.05, 0) is 61.0 Å². The summed E-state index contributed by atoms with van der Waals surface area (Å²) < 4.78 is 7.57. The molecular weight excluding hydrogens is 336 g/mol. The summed E-state index contributed by atoms with van der Waals surface area (Å²) in [6.45, 7) is 2.84. The summed E-state index contributed by atoms with van der Waals surface area (Å²) in [4.78, 5) is 12.3. The summed E-state index contributed by atoms with van der Waals surface area (Å²) in [5.74, 6) is 0.608. The topological polar surface area (TPSA) is 43.3 Å². The van der Waals surface area contributed by atoms with Crippen LogP contribution in [0.4, 0.5) is 0 Å². The molecule has 0 saturated carbocycles. The number of hydrogen-bond acceptors (Lipinski definition) is 2. The number of hydrogen-bond donors (Lipinski definition) is 1. The number of benzene rings is 2. The second kappa shape index (κ2) is 7.90. The first kappa shape index (κ1) is 17.1. The standard InChI is InChI=1S/C20H19ClN2O2/c1-15-4-5-16(14-19(15)23-11-2-3-12-23)20(24)22-10-13-25-18-8-6-17(21)7-9-18/h2-9,11-12,14H,10,13H2,1H3,(H,22,24). The molecule has 0 aliphatic carbocycles. The van der Waals surface area contributed by atoms with E-state index < -0.39 is 0 Å². The second-order valence-corrected chi connectivity index (χ2v) is 6.09. The lowest BCUT2D eigenvalue weighted by atomic mass is 10.1. The van der Waals surface area contributed by atoms with Gasteiger partial charge in [0.1, 0.15) is 12.4 Å². The van der Waals surface area contributed by atoms with Crippen molar-refractivity contribution in [3.8, 4) is 11.4 Å². The Bertz CT molecular complexity index is 843. The smallest absolute Gasteiger partial charge is 0.251 e. The average Bonchev–Trinajstić information content (AvgIpc) is 3.15. The average molecular weight is 355 g/mol. The van der Waals surface area contributed by atoms with Crippen molar-refractivity contribution < 1.29 is 9.53 Å². The molecule has 1 aromatic heterocycles. The maximum absolute atomic E-state index is 12.3. The number of aromatic nitrogens is 1. The molecule has 0 aliphatic heterocycles. The minimum atomic E-state index is -0.117. The van der Waals surface area contributed by atoms with Crippen molar-refractivity contribution in [2.24, 2.45) is 0 Å². The van der Waals surface area contributed by atoms with Crippen LogP contribution in [0.25, 0.3) is 5.69 Å². The normalized spacial score (nSPS) is 10.5. The van der Waals surface area contributed by atoms with Crippen LogP contribution < -0.4 is 10.1 Å². The van der Waals surface area contributed by atoms with Crippen molar-refractivity contribution in [2.45, 2.75) is 6.92 Å². The molecule has 0 unspecified atom stereocenters. The molecule has 25 heavy (non-hydrogen) atoms. The third-order valence-corrected chi connectivity index (χ3v) is 4.08. The number of carbonyl (C=O) groups excluding carboxylic acids is 1. The van der Waals surface area contributed by atoms with Crippen LogP contribution in [0.3, 0.4) is 0 Å². The molecule has 1 N–H and O–H groups in total. The highest BCUT2D eigenvalue weighted by molar-refractivity contribution is 6.30. The van der Waals surface area contributed by atoms with E-state index in [9.17, 15) is 4.79 Å². The SMILES string of the molecule is Cc1ccc(C(=O)NCCOc2ccc(Cl)cc2)cc1-n1cccc1. The largest absolute Gasteiger partial charge is 0.492 e. The molecule has 0 saturated heterocycles. The Morgan fingerprint density at radius 3 is 2.56 bits per heavy atom. The summed E-state index contributed by atoms with van der Waals surface area (Å²) in [7, 11) is 0. The zero-order chi connectivity index (χ0) is 17.6. The quantitative estimate of drug-likeness (QED) is 0.672. The third kappa shape index (κ3) is 4.43. The second-order valence-electron chi connectivity index (χ2n) is 5.65. The summed E-state index contributed by atoms with van der Waals surface area (Å²) in [5, 5.41) is 3.54. The molecule has 0 atom stereocenters. The maximum Gasteiger partial charge on any atom is 0.251 e. The van der Waals surface area contributed by atoms with Gasteiger partial charge in [-0.1, -0.05) is 17.7 Å². The molecule has 0 radical (unpaired) electrons. The molecule has 4 nitrogen and oxygen atoms in total. The van der Waals surface area contributed by atoms with Crippen molar-refractivity contribution in [3.05, 3.63) is 83.1 Å². The van der Waals surface area contributed by atoms with Gasteiger partial charge in [0.2, 0.25) is 0 Å². The number of nitrogens with zero attached hydrogens (tertiary/aromatic N) is 1. The van der Waals surface area contributed by atoms with Crippen molar-refractivity contribution in [2.75, 3.05) is 13.2 Å². The Morgan fingerprint density at radius 1 is 1.12 bits per heavy atom. The van der Waals surface area contributed by atoms with Crippen molar-refractivity contribution in [3.63, 3.8) is 0 Å². The number of amides is 1. The fraction of sp³-hybridized carbons (Fsp3) is 0.150. The number of halogens is 1. The molecule has 3 rings (SSSR count). The van der Waals surface area contributed by atoms with Gasteiger partial charge in [0.05, 0.1) is 6.54 Å². The summed E-state index contributed by atoms with van der Waals surface area (Å²) >= 11 is 5.83.